The van der Waals surface area contributed by atoms with Gasteiger partial charge in [-0.2, -0.15) is 0 Å². The molecule has 0 bridgehead atoms. The maximum absolute atomic E-state index is 13.5. The van der Waals surface area contributed by atoms with Gasteiger partial charge in [0.15, 0.2) is 5.78 Å². The van der Waals surface area contributed by atoms with Crippen LogP contribution in [0, 0.1) is 11.3 Å². The van der Waals surface area contributed by atoms with Crippen molar-refractivity contribution >= 4 is 35.2 Å². The van der Waals surface area contributed by atoms with E-state index in [1.165, 1.54) is 0 Å². The van der Waals surface area contributed by atoms with Crippen molar-refractivity contribution in [1.82, 2.24) is 4.90 Å². The lowest BCUT2D eigenvalue weighted by molar-refractivity contribution is -0.138. The third-order valence-electron chi connectivity index (χ3n) is 7.32. The van der Waals surface area contributed by atoms with Crippen LogP contribution in [0.2, 0.25) is 0 Å². The number of rotatable bonds is 9. The van der Waals surface area contributed by atoms with Gasteiger partial charge in [0, 0.05) is 35.2 Å². The highest BCUT2D eigenvalue weighted by atomic mass is 32.2. The minimum atomic E-state index is -1.22. The number of ketones is 1. The third-order valence-corrected chi connectivity index (χ3v) is 8.06. The number of carboxylic acid groups (broad SMARTS) is 1. The van der Waals surface area contributed by atoms with Gasteiger partial charge in [-0.25, -0.2) is 4.79 Å². The van der Waals surface area contributed by atoms with Crippen LogP contribution in [0.15, 0.2) is 53.4 Å². The van der Waals surface area contributed by atoms with Gasteiger partial charge in [-0.1, -0.05) is 45.0 Å². The number of amides is 2. The molecule has 0 aromatic heterocycles. The van der Waals surface area contributed by atoms with Crippen molar-refractivity contribution < 1.29 is 19.5 Å². The summed E-state index contributed by atoms with van der Waals surface area (Å²) < 4.78 is 0. The molecule has 7 nitrogen and oxygen atoms in total. The van der Waals surface area contributed by atoms with Gasteiger partial charge in [0.1, 0.15) is 6.04 Å². The number of carbonyl (C=O) groups is 3. The zero-order chi connectivity index (χ0) is 27.2. The number of nitrogens with one attached hydrogen (secondary N) is 1. The molecule has 2 aromatic carbocycles. The molecule has 200 valence electrons. The van der Waals surface area contributed by atoms with Gasteiger partial charge >= 0.3 is 12.0 Å². The molecule has 1 aliphatic carbocycles. The monoisotopic (exact) mass is 525 g/mol. The molecule has 1 saturated carbocycles. The predicted octanol–water partition coefficient (Wildman–Crippen LogP) is 6.03. The first-order valence-corrected chi connectivity index (χ1v) is 14.0. The normalized spacial score (nSPS) is 18.6. The molecule has 37 heavy (non-hydrogen) atoms. The van der Waals surface area contributed by atoms with E-state index in [9.17, 15) is 14.4 Å². The summed E-state index contributed by atoms with van der Waals surface area (Å²) in [6, 6.07) is 13.6. The van der Waals surface area contributed by atoms with Gasteiger partial charge in [-0.05, 0) is 73.1 Å². The van der Waals surface area contributed by atoms with Crippen LogP contribution in [-0.4, -0.2) is 46.1 Å². The fourth-order valence-corrected chi connectivity index (χ4v) is 5.30. The molecule has 8 heteroatoms. The van der Waals surface area contributed by atoms with Gasteiger partial charge in [0.25, 0.3) is 0 Å². The summed E-state index contributed by atoms with van der Waals surface area (Å²) >= 11 is 1.65. The zero-order valence-corrected chi connectivity index (χ0v) is 23.0. The second kappa shape index (κ2) is 12.6. The average molecular weight is 526 g/mol. The van der Waals surface area contributed by atoms with Gasteiger partial charge < -0.3 is 21.1 Å². The van der Waals surface area contributed by atoms with Crippen LogP contribution in [0.1, 0.15) is 68.8 Å². The van der Waals surface area contributed by atoms with Gasteiger partial charge in [0.05, 0.1) is 0 Å². The maximum Gasteiger partial charge on any atom is 0.322 e. The van der Waals surface area contributed by atoms with Crippen LogP contribution >= 0.6 is 11.8 Å². The highest BCUT2D eigenvalue weighted by Gasteiger charge is 2.33. The molecule has 1 fully saturated rings. The summed E-state index contributed by atoms with van der Waals surface area (Å²) in [6.07, 6.45) is 5.82. The van der Waals surface area contributed by atoms with Gasteiger partial charge in [0.2, 0.25) is 0 Å². The standard InChI is InChI=1S/C29H39N3O4S/c1-29(2,3)21-9-13-23(14-10-21)32(28(36)31-22-11-15-24(37-4)16-12-22)18-19-5-7-20(8-6-19)26(33)17-25(30)27(34)35/h5-8,11-12,15-16,21,23,25H,9-10,13-14,17-18,30H2,1-4H3,(H,31,36)(H,34,35). The Bertz CT molecular complexity index is 1070. The lowest BCUT2D eigenvalue weighted by atomic mass is 9.71. The van der Waals surface area contributed by atoms with E-state index in [4.69, 9.17) is 10.8 Å². The first-order chi connectivity index (χ1) is 17.5. The number of benzene rings is 2. The predicted molar refractivity (Wildman–Crippen MR) is 149 cm³/mol. The molecule has 0 aliphatic heterocycles. The van der Waals surface area contributed by atoms with Crippen LogP contribution < -0.4 is 11.1 Å². The number of hydrogen-bond donors (Lipinski definition) is 3. The minimum Gasteiger partial charge on any atom is -0.480 e. The molecule has 3 rings (SSSR count). The maximum atomic E-state index is 13.5. The van der Waals surface area contributed by atoms with E-state index < -0.39 is 12.0 Å². The Balaban J connectivity index is 1.75. The first-order valence-electron chi connectivity index (χ1n) is 12.8. The number of aliphatic carboxylic acids is 1. The minimum absolute atomic E-state index is 0.124. The van der Waals surface area contributed by atoms with E-state index in [1.807, 2.05) is 47.6 Å². The molecule has 2 aromatic rings. The van der Waals surface area contributed by atoms with E-state index in [1.54, 1.807) is 23.9 Å². The van der Waals surface area contributed by atoms with Crippen molar-refractivity contribution in [3.63, 3.8) is 0 Å². The first kappa shape index (κ1) is 28.7. The van der Waals surface area contributed by atoms with Crippen molar-refractivity contribution in [1.29, 1.82) is 0 Å². The summed E-state index contributed by atoms with van der Waals surface area (Å²) in [7, 11) is 0. The molecule has 1 atom stereocenters. The van der Waals surface area contributed by atoms with Crippen LogP contribution in [-0.2, 0) is 11.3 Å². The molecule has 0 heterocycles. The molecule has 0 saturated heterocycles. The molecule has 0 radical (unpaired) electrons. The van der Waals surface area contributed by atoms with E-state index in [2.05, 4.69) is 26.1 Å². The van der Waals surface area contributed by atoms with Crippen molar-refractivity contribution in [3.8, 4) is 0 Å². The summed E-state index contributed by atoms with van der Waals surface area (Å²) in [6.45, 7) is 7.27. The summed E-state index contributed by atoms with van der Waals surface area (Å²) in [5, 5.41) is 12.0. The largest absolute Gasteiger partial charge is 0.480 e. The summed E-state index contributed by atoms with van der Waals surface area (Å²) in [4.78, 5) is 39.9. The molecule has 1 aliphatic rings. The Morgan fingerprint density at radius 2 is 1.62 bits per heavy atom. The molecule has 1 unspecified atom stereocenters. The SMILES string of the molecule is CSc1ccc(NC(=O)N(Cc2ccc(C(=O)CC(N)C(=O)O)cc2)C2CCC(C(C)(C)C)CC2)cc1. The van der Waals surface area contributed by atoms with Crippen LogP contribution in [0.4, 0.5) is 10.5 Å². The fraction of sp³-hybridized carbons (Fsp3) is 0.483. The number of thioether (sulfide) groups is 1. The second-order valence-corrected chi connectivity index (χ2v) is 11.8. The Hall–Kier alpha value is -2.84. The number of Topliss-reactive ketones (excluding diaryl/α,β-unsaturated/α-hetero) is 1. The number of urea groups is 1. The van der Waals surface area contributed by atoms with Crippen molar-refractivity contribution in [3.05, 3.63) is 59.7 Å². The average Bonchev–Trinajstić information content (AvgIpc) is 2.87. The van der Waals surface area contributed by atoms with Crippen molar-refractivity contribution in [2.75, 3.05) is 11.6 Å². The number of hydrogen-bond acceptors (Lipinski definition) is 5. The lowest BCUT2D eigenvalue weighted by Crippen LogP contribution is -2.45. The van der Waals surface area contributed by atoms with E-state index in [-0.39, 0.29) is 29.7 Å². The number of carboxylic acids is 1. The Labute approximate surface area is 224 Å². The van der Waals surface area contributed by atoms with Crippen LogP contribution in [0.3, 0.4) is 0 Å². The van der Waals surface area contributed by atoms with Crippen LogP contribution in [0.25, 0.3) is 0 Å². The molecular formula is C29H39N3O4S. The lowest BCUT2D eigenvalue weighted by Gasteiger charge is -2.41. The quantitative estimate of drug-likeness (QED) is 0.272. The molecule has 2 amide bonds. The Kier molecular flexibility index (Phi) is 9.79. The number of anilines is 1. The van der Waals surface area contributed by atoms with Crippen LogP contribution in [0.5, 0.6) is 0 Å². The van der Waals surface area contributed by atoms with E-state index in [0.29, 0.717) is 18.0 Å². The highest BCUT2D eigenvalue weighted by Crippen LogP contribution is 2.39. The topological polar surface area (TPSA) is 113 Å². The Morgan fingerprint density at radius 3 is 2.14 bits per heavy atom. The fourth-order valence-electron chi connectivity index (χ4n) is 4.89. The number of nitrogens with zero attached hydrogens (tertiary/aromatic N) is 1. The smallest absolute Gasteiger partial charge is 0.322 e. The third kappa shape index (κ3) is 8.07. The van der Waals surface area contributed by atoms with Crippen molar-refractivity contribution in [2.24, 2.45) is 17.1 Å². The van der Waals surface area contributed by atoms with Crippen molar-refractivity contribution in [2.45, 2.75) is 76.4 Å². The number of carbonyl (C=O) groups excluding carboxylic acids is 2. The molecular weight excluding hydrogens is 486 g/mol. The summed E-state index contributed by atoms with van der Waals surface area (Å²) in [5.41, 5.74) is 7.84. The zero-order valence-electron chi connectivity index (χ0n) is 22.2. The Morgan fingerprint density at radius 1 is 1.03 bits per heavy atom. The van der Waals surface area contributed by atoms with Gasteiger partial charge in [-0.15, -0.1) is 11.8 Å². The molecule has 4 N–H and O–H groups in total. The molecule has 0 spiro atoms. The van der Waals surface area contributed by atoms with Gasteiger partial charge in [-0.3, -0.25) is 9.59 Å². The second-order valence-electron chi connectivity index (χ2n) is 10.9. The summed E-state index contributed by atoms with van der Waals surface area (Å²) in [5.74, 6) is -0.878. The van der Waals surface area contributed by atoms with E-state index >= 15 is 0 Å². The highest BCUT2D eigenvalue weighted by molar-refractivity contribution is 7.98. The number of nitrogens with two attached hydrogens (primary N) is 1. The van der Waals surface area contributed by atoms with E-state index in [0.717, 1.165) is 41.8 Å².